The fourth-order valence-electron chi connectivity index (χ4n) is 9.30. The maximum atomic E-state index is 13.4. The van der Waals surface area contributed by atoms with Crippen LogP contribution in [0, 0.1) is 40.4 Å². The highest BCUT2D eigenvalue weighted by Gasteiger charge is 2.68. The van der Waals surface area contributed by atoms with Crippen molar-refractivity contribution in [3.8, 4) is 0 Å². The summed E-state index contributed by atoms with van der Waals surface area (Å²) in [5.41, 5.74) is -2.02. The fourth-order valence-corrected chi connectivity index (χ4v) is 9.30. The van der Waals surface area contributed by atoms with Crippen molar-refractivity contribution in [2.24, 2.45) is 40.4 Å². The average Bonchev–Trinajstić information content (AvgIpc) is 3.24. The van der Waals surface area contributed by atoms with Crippen LogP contribution in [0.2, 0.25) is 0 Å². The molecule has 5 rings (SSSR count). The van der Waals surface area contributed by atoms with Gasteiger partial charge in [0.15, 0.2) is 12.4 Å². The number of nitrogens with one attached hydrogen (secondary N) is 1. The first kappa shape index (κ1) is 31.6. The molecule has 43 heavy (non-hydrogen) atoms. The first-order valence-corrected chi connectivity index (χ1v) is 15.8. The minimum absolute atomic E-state index is 0.00201. The Morgan fingerprint density at radius 2 is 1.77 bits per heavy atom. The van der Waals surface area contributed by atoms with Crippen LogP contribution in [-0.4, -0.2) is 69.6 Å². The third-order valence-electron chi connectivity index (χ3n) is 11.8. The molecule has 0 aromatic heterocycles. The molecule has 0 unspecified atom stereocenters. The summed E-state index contributed by atoms with van der Waals surface area (Å²) in [6.07, 6.45) is 9.38. The molecule has 4 saturated carbocycles. The molecular formula is C33H45NO9. The lowest BCUT2D eigenvalue weighted by Gasteiger charge is -2.59. The Hall–Kier alpha value is -2.85. The highest BCUT2D eigenvalue weighted by atomic mass is 16.5. The van der Waals surface area contributed by atoms with Crippen LogP contribution >= 0.6 is 0 Å². The van der Waals surface area contributed by atoms with E-state index in [1.807, 2.05) is 13.0 Å². The zero-order valence-electron chi connectivity index (χ0n) is 25.2. The number of esters is 1. The molecule has 0 bridgehead atoms. The molecule has 0 heterocycles. The molecule has 0 aromatic rings. The van der Waals surface area contributed by atoms with E-state index >= 15 is 0 Å². The maximum absolute atomic E-state index is 13.4. The molecule has 0 aliphatic heterocycles. The number of allylic oxidation sites excluding steroid dienone is 4. The van der Waals surface area contributed by atoms with Gasteiger partial charge in [-0.15, -0.1) is 0 Å². The molecule has 7 atom stereocenters. The summed E-state index contributed by atoms with van der Waals surface area (Å²) in [6, 6.07) is 0. The Bertz CT molecular complexity index is 1230. The highest BCUT2D eigenvalue weighted by Crippen LogP contribution is 2.67. The lowest BCUT2D eigenvalue weighted by molar-refractivity contribution is -0.181. The number of aliphatic hydroxyl groups excluding tert-OH is 1. The van der Waals surface area contributed by atoms with Gasteiger partial charge in [0.05, 0.1) is 18.4 Å². The number of ketones is 2. The zero-order valence-corrected chi connectivity index (χ0v) is 25.2. The molecule has 10 nitrogen and oxygen atoms in total. The number of amides is 1. The van der Waals surface area contributed by atoms with E-state index in [0.717, 1.165) is 31.3 Å². The summed E-state index contributed by atoms with van der Waals surface area (Å²) < 4.78 is 5.22. The van der Waals surface area contributed by atoms with Crippen LogP contribution in [0.3, 0.4) is 0 Å². The number of aliphatic hydroxyl groups is 2. The van der Waals surface area contributed by atoms with Gasteiger partial charge >= 0.3 is 11.9 Å². The van der Waals surface area contributed by atoms with Crippen molar-refractivity contribution in [1.29, 1.82) is 0 Å². The van der Waals surface area contributed by atoms with Crippen molar-refractivity contribution in [3.05, 3.63) is 23.8 Å². The molecule has 0 radical (unpaired) electrons. The molecule has 5 aliphatic rings. The highest BCUT2D eigenvalue weighted by molar-refractivity contribution is 6.01. The molecule has 0 saturated heterocycles. The smallest absolute Gasteiger partial charge is 0.306 e. The van der Waals surface area contributed by atoms with Crippen LogP contribution in [0.5, 0.6) is 0 Å². The van der Waals surface area contributed by atoms with Crippen molar-refractivity contribution < 1.29 is 44.0 Å². The SMILES string of the molecule is C[C@]12C=CC(=O)C=C1CC[C@@H]1[C@H]2[C@@H](O)C[C@@]2(C)[C@@H]1CC[C@@]2(O)C(=O)COC(=O)CCC(=O)NCC1CCC(C(=O)O)CC1. The van der Waals surface area contributed by atoms with Crippen LogP contribution in [0.1, 0.15) is 84.5 Å². The minimum atomic E-state index is -1.74. The maximum Gasteiger partial charge on any atom is 0.306 e. The minimum Gasteiger partial charge on any atom is -0.481 e. The summed E-state index contributed by atoms with van der Waals surface area (Å²) >= 11 is 0. The van der Waals surface area contributed by atoms with Gasteiger partial charge in [-0.3, -0.25) is 24.0 Å². The molecule has 236 valence electrons. The topological polar surface area (TPSA) is 167 Å². The first-order valence-electron chi connectivity index (χ1n) is 15.8. The van der Waals surface area contributed by atoms with Crippen molar-refractivity contribution in [1.82, 2.24) is 5.32 Å². The van der Waals surface area contributed by atoms with E-state index in [1.54, 1.807) is 12.2 Å². The number of ether oxygens (including phenoxy) is 1. The molecule has 0 aromatic carbocycles. The summed E-state index contributed by atoms with van der Waals surface area (Å²) in [6.45, 7) is 3.79. The number of fused-ring (bicyclic) bond motifs is 5. The normalized spacial score (nSPS) is 40.0. The number of hydrogen-bond donors (Lipinski definition) is 4. The predicted octanol–water partition coefficient (Wildman–Crippen LogP) is 2.90. The van der Waals surface area contributed by atoms with Gasteiger partial charge in [-0.1, -0.05) is 25.5 Å². The van der Waals surface area contributed by atoms with E-state index in [9.17, 15) is 34.2 Å². The molecule has 4 fully saturated rings. The van der Waals surface area contributed by atoms with Crippen LogP contribution in [0.4, 0.5) is 0 Å². The molecule has 10 heteroatoms. The van der Waals surface area contributed by atoms with Crippen LogP contribution in [0.25, 0.3) is 0 Å². The van der Waals surface area contributed by atoms with Gasteiger partial charge in [0.25, 0.3) is 0 Å². The number of Topliss-reactive ketones (excluding diaryl/α,β-unsaturated/α-hetero) is 1. The average molecular weight is 600 g/mol. The van der Waals surface area contributed by atoms with Gasteiger partial charge in [-0.25, -0.2) is 0 Å². The van der Waals surface area contributed by atoms with Gasteiger partial charge in [-0.2, -0.15) is 0 Å². The Kier molecular flexibility index (Phi) is 8.75. The number of aliphatic carboxylic acids is 1. The number of carbonyl (C=O) groups is 5. The predicted molar refractivity (Wildman–Crippen MR) is 154 cm³/mol. The van der Waals surface area contributed by atoms with Crippen molar-refractivity contribution in [3.63, 3.8) is 0 Å². The number of hydrogen-bond acceptors (Lipinski definition) is 8. The molecule has 0 spiro atoms. The van der Waals surface area contributed by atoms with Crippen LogP contribution < -0.4 is 5.32 Å². The van der Waals surface area contributed by atoms with Gasteiger partial charge < -0.3 is 25.4 Å². The van der Waals surface area contributed by atoms with E-state index in [4.69, 9.17) is 9.84 Å². The summed E-state index contributed by atoms with van der Waals surface area (Å²) in [5.74, 6) is -2.54. The monoisotopic (exact) mass is 599 g/mol. The van der Waals surface area contributed by atoms with Crippen LogP contribution in [0.15, 0.2) is 23.8 Å². The quantitative estimate of drug-likeness (QED) is 0.291. The van der Waals surface area contributed by atoms with E-state index < -0.39 is 46.9 Å². The molecule has 1 amide bonds. The zero-order chi connectivity index (χ0) is 31.2. The summed E-state index contributed by atoms with van der Waals surface area (Å²) in [5, 5.41) is 35.2. The number of carboxylic acids is 1. The molecular weight excluding hydrogens is 554 g/mol. The second kappa shape index (κ2) is 11.9. The van der Waals surface area contributed by atoms with Crippen molar-refractivity contribution >= 4 is 29.4 Å². The Morgan fingerprint density at radius 3 is 2.47 bits per heavy atom. The van der Waals surface area contributed by atoms with Crippen molar-refractivity contribution in [2.45, 2.75) is 96.2 Å². The number of carboxylic acid groups (broad SMARTS) is 1. The van der Waals surface area contributed by atoms with E-state index in [1.165, 1.54) is 0 Å². The standard InChI is InChI=1S/C33H45NO9/c1-31-13-11-22(35)15-21(31)7-8-23-24-12-14-33(42,32(24,2)16-25(36)29(23)31)26(37)18-43-28(39)10-9-27(38)34-17-19-3-5-20(6-4-19)30(40)41/h11,13,15,19-20,23-25,29,36,42H,3-10,12,14,16-18H2,1-2H3,(H,34,38)(H,40,41)/t19?,20?,23-,24+,25-,29-,31-,32-,33+/m0/s1. The summed E-state index contributed by atoms with van der Waals surface area (Å²) in [7, 11) is 0. The number of rotatable bonds is 9. The second-order valence-corrected chi connectivity index (χ2v) is 14.1. The van der Waals surface area contributed by atoms with Crippen molar-refractivity contribution in [2.75, 3.05) is 13.2 Å². The Morgan fingerprint density at radius 1 is 1.05 bits per heavy atom. The second-order valence-electron chi connectivity index (χ2n) is 14.1. The van der Waals surface area contributed by atoms with Gasteiger partial charge in [0.1, 0.15) is 5.60 Å². The Labute approximate surface area is 252 Å². The first-order chi connectivity index (χ1) is 20.3. The van der Waals surface area contributed by atoms with Crippen LogP contribution in [-0.2, 0) is 28.7 Å². The third-order valence-corrected chi connectivity index (χ3v) is 11.8. The largest absolute Gasteiger partial charge is 0.481 e. The van der Waals surface area contributed by atoms with E-state index in [-0.39, 0.29) is 67.0 Å². The van der Waals surface area contributed by atoms with E-state index in [2.05, 4.69) is 12.2 Å². The fraction of sp³-hybridized carbons (Fsp3) is 0.727. The molecule has 5 aliphatic carbocycles. The summed E-state index contributed by atoms with van der Waals surface area (Å²) in [4.78, 5) is 61.2. The van der Waals surface area contributed by atoms with E-state index in [0.29, 0.717) is 25.8 Å². The Balaban J connectivity index is 1.12. The lowest BCUT2D eigenvalue weighted by atomic mass is 9.46. The van der Waals surface area contributed by atoms with Gasteiger partial charge in [0.2, 0.25) is 11.7 Å². The third kappa shape index (κ3) is 5.72. The lowest BCUT2D eigenvalue weighted by Crippen LogP contribution is -2.61. The van der Waals surface area contributed by atoms with Gasteiger partial charge in [0, 0.05) is 29.7 Å². The molecule has 4 N–H and O–H groups in total. The van der Waals surface area contributed by atoms with Gasteiger partial charge in [-0.05, 0) is 87.7 Å². The number of carbonyl (C=O) groups excluding carboxylic acids is 4.